The van der Waals surface area contributed by atoms with Gasteiger partial charge in [0.2, 0.25) is 5.75 Å². The summed E-state index contributed by atoms with van der Waals surface area (Å²) >= 11 is 0. The SMILES string of the molecule is COc1ccc(/C=C/c2cc(OC)c(OC)c(OC)c2-c2ccc(F)c(C)c2)cc1. The second-order valence-corrected chi connectivity index (χ2v) is 6.68. The van der Waals surface area contributed by atoms with Crippen molar-refractivity contribution in [1.29, 1.82) is 0 Å². The van der Waals surface area contributed by atoms with Gasteiger partial charge in [-0.3, -0.25) is 0 Å². The van der Waals surface area contributed by atoms with E-state index in [1.54, 1.807) is 47.5 Å². The molecular formula is C25H25FO4. The lowest BCUT2D eigenvalue weighted by Crippen LogP contribution is -1.99. The molecule has 0 bridgehead atoms. The molecule has 0 amide bonds. The van der Waals surface area contributed by atoms with Crippen LogP contribution in [0.5, 0.6) is 23.0 Å². The van der Waals surface area contributed by atoms with Crippen molar-refractivity contribution < 1.29 is 23.3 Å². The lowest BCUT2D eigenvalue weighted by Gasteiger charge is -2.19. The van der Waals surface area contributed by atoms with E-state index in [4.69, 9.17) is 18.9 Å². The maximum Gasteiger partial charge on any atom is 0.203 e. The van der Waals surface area contributed by atoms with Gasteiger partial charge in [0.25, 0.3) is 0 Å². The summed E-state index contributed by atoms with van der Waals surface area (Å²) in [7, 11) is 6.36. The minimum atomic E-state index is -0.256. The second-order valence-electron chi connectivity index (χ2n) is 6.68. The highest BCUT2D eigenvalue weighted by Gasteiger charge is 2.21. The summed E-state index contributed by atoms with van der Waals surface area (Å²) in [6.45, 7) is 1.74. The molecule has 3 rings (SSSR count). The molecule has 3 aromatic rings. The van der Waals surface area contributed by atoms with Crippen molar-refractivity contribution in [3.05, 3.63) is 71.0 Å². The van der Waals surface area contributed by atoms with Crippen molar-refractivity contribution in [2.75, 3.05) is 28.4 Å². The molecular weight excluding hydrogens is 383 g/mol. The lowest BCUT2D eigenvalue weighted by atomic mass is 9.95. The lowest BCUT2D eigenvalue weighted by molar-refractivity contribution is 0.325. The number of rotatable bonds is 7. The zero-order valence-corrected chi connectivity index (χ0v) is 17.8. The van der Waals surface area contributed by atoms with Crippen LogP contribution in [0.15, 0.2) is 48.5 Å². The zero-order valence-electron chi connectivity index (χ0n) is 17.8. The van der Waals surface area contributed by atoms with Crippen molar-refractivity contribution >= 4 is 12.2 Å². The highest BCUT2D eigenvalue weighted by atomic mass is 19.1. The third-order valence-corrected chi connectivity index (χ3v) is 4.88. The fraction of sp³-hybridized carbons (Fsp3) is 0.200. The van der Waals surface area contributed by atoms with Gasteiger partial charge in [0.05, 0.1) is 28.4 Å². The van der Waals surface area contributed by atoms with E-state index in [9.17, 15) is 4.39 Å². The highest BCUT2D eigenvalue weighted by Crippen LogP contribution is 2.47. The molecule has 0 spiro atoms. The number of halogens is 1. The Bertz CT molecular complexity index is 1060. The first-order valence-electron chi connectivity index (χ1n) is 9.44. The number of aryl methyl sites for hydroxylation is 1. The monoisotopic (exact) mass is 408 g/mol. The van der Waals surface area contributed by atoms with Crippen LogP contribution in [0.3, 0.4) is 0 Å². The van der Waals surface area contributed by atoms with Crippen molar-refractivity contribution in [3.8, 4) is 34.1 Å². The summed E-state index contributed by atoms with van der Waals surface area (Å²) in [6, 6.07) is 14.6. The Labute approximate surface area is 176 Å². The van der Waals surface area contributed by atoms with E-state index in [-0.39, 0.29) is 5.82 Å². The Morgan fingerprint density at radius 1 is 0.733 bits per heavy atom. The standard InChI is InChI=1S/C25H25FO4/c1-16-14-18(10-13-21(16)26)23-19(9-6-17-7-11-20(27-2)12-8-17)15-22(28-3)24(29-4)25(23)30-5/h6-15H,1-5H3/b9-6+. The number of hydrogen-bond donors (Lipinski definition) is 0. The molecule has 0 saturated heterocycles. The molecule has 0 N–H and O–H groups in total. The van der Waals surface area contributed by atoms with Gasteiger partial charge in [0, 0.05) is 5.56 Å². The Hall–Kier alpha value is -3.47. The molecule has 5 heteroatoms. The molecule has 0 aliphatic carbocycles. The fourth-order valence-corrected chi connectivity index (χ4v) is 3.31. The van der Waals surface area contributed by atoms with E-state index in [0.29, 0.717) is 22.8 Å². The van der Waals surface area contributed by atoms with Gasteiger partial charge in [-0.15, -0.1) is 0 Å². The van der Waals surface area contributed by atoms with Crippen LogP contribution < -0.4 is 18.9 Å². The van der Waals surface area contributed by atoms with E-state index in [1.807, 2.05) is 42.5 Å². The average molecular weight is 408 g/mol. The van der Waals surface area contributed by atoms with Crippen molar-refractivity contribution in [3.63, 3.8) is 0 Å². The van der Waals surface area contributed by atoms with Gasteiger partial charge in [0.15, 0.2) is 11.5 Å². The van der Waals surface area contributed by atoms with Gasteiger partial charge in [-0.1, -0.05) is 30.4 Å². The molecule has 0 atom stereocenters. The predicted molar refractivity (Wildman–Crippen MR) is 118 cm³/mol. The topological polar surface area (TPSA) is 36.9 Å². The minimum absolute atomic E-state index is 0.256. The van der Waals surface area contributed by atoms with Crippen LogP contribution in [0, 0.1) is 12.7 Å². The van der Waals surface area contributed by atoms with Crippen LogP contribution in [-0.4, -0.2) is 28.4 Å². The Morgan fingerprint density at radius 2 is 1.43 bits per heavy atom. The Morgan fingerprint density at radius 3 is 2.00 bits per heavy atom. The summed E-state index contributed by atoms with van der Waals surface area (Å²) < 4.78 is 35.9. The van der Waals surface area contributed by atoms with Crippen molar-refractivity contribution in [2.24, 2.45) is 0 Å². The van der Waals surface area contributed by atoms with Crippen LogP contribution in [-0.2, 0) is 0 Å². The van der Waals surface area contributed by atoms with Crippen LogP contribution in [0.4, 0.5) is 4.39 Å². The number of hydrogen-bond acceptors (Lipinski definition) is 4. The normalized spacial score (nSPS) is 10.9. The Balaban J connectivity index is 2.20. The van der Waals surface area contributed by atoms with E-state index < -0.39 is 0 Å². The molecule has 0 aliphatic heterocycles. The van der Waals surface area contributed by atoms with E-state index >= 15 is 0 Å². The summed E-state index contributed by atoms with van der Waals surface area (Å²) in [6.07, 6.45) is 3.96. The number of methoxy groups -OCH3 is 4. The van der Waals surface area contributed by atoms with Crippen LogP contribution in [0.2, 0.25) is 0 Å². The summed E-state index contributed by atoms with van der Waals surface area (Å²) in [5.41, 5.74) is 4.02. The van der Waals surface area contributed by atoms with E-state index in [0.717, 1.165) is 28.0 Å². The molecule has 3 aromatic carbocycles. The molecule has 4 nitrogen and oxygen atoms in total. The highest BCUT2D eigenvalue weighted by molar-refractivity contribution is 5.88. The van der Waals surface area contributed by atoms with Gasteiger partial charge in [-0.2, -0.15) is 0 Å². The molecule has 30 heavy (non-hydrogen) atoms. The molecule has 0 saturated carbocycles. The van der Waals surface area contributed by atoms with Gasteiger partial charge >= 0.3 is 0 Å². The molecule has 0 aliphatic rings. The van der Waals surface area contributed by atoms with Crippen molar-refractivity contribution in [1.82, 2.24) is 0 Å². The van der Waals surface area contributed by atoms with Gasteiger partial charge in [-0.05, 0) is 59.5 Å². The largest absolute Gasteiger partial charge is 0.497 e. The molecule has 0 heterocycles. The third-order valence-electron chi connectivity index (χ3n) is 4.88. The summed E-state index contributed by atoms with van der Waals surface area (Å²) in [5, 5.41) is 0. The van der Waals surface area contributed by atoms with Gasteiger partial charge < -0.3 is 18.9 Å². The first-order valence-corrected chi connectivity index (χ1v) is 9.44. The molecule has 0 radical (unpaired) electrons. The number of ether oxygens (including phenoxy) is 4. The van der Waals surface area contributed by atoms with Gasteiger partial charge in [-0.25, -0.2) is 4.39 Å². The predicted octanol–water partition coefficient (Wildman–Crippen LogP) is 6.01. The summed E-state index contributed by atoms with van der Waals surface area (Å²) in [5.74, 6) is 2.10. The second kappa shape index (κ2) is 9.35. The van der Waals surface area contributed by atoms with E-state index in [2.05, 4.69) is 0 Å². The Kier molecular flexibility index (Phi) is 6.62. The molecule has 0 fully saturated rings. The van der Waals surface area contributed by atoms with Gasteiger partial charge in [0.1, 0.15) is 11.6 Å². The average Bonchev–Trinajstić information content (AvgIpc) is 2.78. The molecule has 0 unspecified atom stereocenters. The molecule has 0 aromatic heterocycles. The van der Waals surface area contributed by atoms with Crippen LogP contribution in [0.25, 0.3) is 23.3 Å². The maximum absolute atomic E-state index is 13.9. The quantitative estimate of drug-likeness (QED) is 0.449. The smallest absolute Gasteiger partial charge is 0.203 e. The fourth-order valence-electron chi connectivity index (χ4n) is 3.31. The third kappa shape index (κ3) is 4.25. The first kappa shape index (κ1) is 21.2. The van der Waals surface area contributed by atoms with E-state index in [1.165, 1.54) is 6.07 Å². The minimum Gasteiger partial charge on any atom is -0.497 e. The van der Waals surface area contributed by atoms with Crippen LogP contribution >= 0.6 is 0 Å². The zero-order chi connectivity index (χ0) is 21.7. The van der Waals surface area contributed by atoms with Crippen molar-refractivity contribution in [2.45, 2.75) is 6.92 Å². The van der Waals surface area contributed by atoms with Crippen LogP contribution in [0.1, 0.15) is 16.7 Å². The number of benzene rings is 3. The molecule has 156 valence electrons. The maximum atomic E-state index is 13.9. The first-order chi connectivity index (χ1) is 14.5. The summed E-state index contributed by atoms with van der Waals surface area (Å²) in [4.78, 5) is 0.